The first kappa shape index (κ1) is 23.4. The van der Waals surface area contributed by atoms with Gasteiger partial charge in [-0.25, -0.2) is 4.98 Å². The second kappa shape index (κ2) is 8.40. The summed E-state index contributed by atoms with van der Waals surface area (Å²) in [5.41, 5.74) is 0.271. The summed E-state index contributed by atoms with van der Waals surface area (Å²) in [5, 5.41) is 22.0. The number of pyridine rings is 1. The molecule has 0 bridgehead atoms. The zero-order chi connectivity index (χ0) is 25.0. The third-order valence-corrected chi connectivity index (χ3v) is 7.18. The normalized spacial score (nSPS) is 18.9. The Bertz CT molecular complexity index is 1320. The topological polar surface area (TPSA) is 96.4 Å². The van der Waals surface area contributed by atoms with Crippen molar-refractivity contribution in [1.29, 1.82) is 5.41 Å². The van der Waals surface area contributed by atoms with E-state index >= 15 is 0 Å². The van der Waals surface area contributed by atoms with Crippen molar-refractivity contribution in [2.75, 3.05) is 12.4 Å². The monoisotopic (exact) mass is 504 g/mol. The van der Waals surface area contributed by atoms with E-state index in [9.17, 15) is 13.2 Å². The molecule has 0 amide bonds. The predicted octanol–water partition coefficient (Wildman–Crippen LogP) is 5.14. The molecule has 4 heterocycles. The van der Waals surface area contributed by atoms with E-state index in [-0.39, 0.29) is 24.7 Å². The van der Waals surface area contributed by atoms with Crippen LogP contribution in [0.5, 0.6) is 0 Å². The van der Waals surface area contributed by atoms with Gasteiger partial charge in [0.05, 0.1) is 10.7 Å². The van der Waals surface area contributed by atoms with Gasteiger partial charge < -0.3 is 25.2 Å². The number of fused-ring (bicyclic) bond motifs is 3. The Morgan fingerprint density at radius 3 is 2.69 bits per heavy atom. The highest BCUT2D eigenvalue weighted by Gasteiger charge is 2.62. The van der Waals surface area contributed by atoms with E-state index in [0.717, 1.165) is 11.8 Å². The maximum absolute atomic E-state index is 14.0. The van der Waals surface area contributed by atoms with Gasteiger partial charge in [-0.05, 0) is 38.0 Å². The number of hydrogen-bond donors (Lipinski definition) is 3. The van der Waals surface area contributed by atoms with Crippen LogP contribution >= 0.6 is 11.6 Å². The average Bonchev–Trinajstić information content (AvgIpc) is 3.38. The van der Waals surface area contributed by atoms with Crippen molar-refractivity contribution in [3.05, 3.63) is 47.3 Å². The summed E-state index contributed by atoms with van der Waals surface area (Å²) in [6, 6.07) is 3.56. The molecule has 3 aromatic heterocycles. The number of alkyl halides is 3. The maximum Gasteiger partial charge on any atom is 0.401 e. The highest BCUT2D eigenvalue weighted by atomic mass is 35.5. The van der Waals surface area contributed by atoms with Crippen molar-refractivity contribution in [3.8, 4) is 22.6 Å². The fourth-order valence-corrected chi connectivity index (χ4v) is 5.06. The number of nitrogens with zero attached hydrogens (tertiary/aromatic N) is 5. The molecule has 3 aromatic rings. The number of rotatable bonds is 6. The number of anilines is 1. The highest BCUT2D eigenvalue weighted by Crippen LogP contribution is 2.55. The first-order chi connectivity index (χ1) is 16.7. The van der Waals surface area contributed by atoms with Gasteiger partial charge in [0.1, 0.15) is 22.9 Å². The van der Waals surface area contributed by atoms with Gasteiger partial charge in [0.2, 0.25) is 0 Å². The standard InChI is InChI=1S/C23H24ClF3N8/c1-13-11-35-20(32-33-21(35)22(5-3-6-22)23(25,26)27)17-8-14(12-34(13)17)15-9-19(30-10-16(15)24)31-18(29-2)4-7-28/h4,7-10,12-13,28-29H,3,5-6,11H2,1-2H3,(H,30,31)/b18-4+,28-7?/t13-/m0/s1. The minimum atomic E-state index is -4.37. The Morgan fingerprint density at radius 1 is 1.29 bits per heavy atom. The van der Waals surface area contributed by atoms with Crippen LogP contribution in [0.1, 0.15) is 38.1 Å². The molecule has 1 saturated carbocycles. The lowest BCUT2D eigenvalue weighted by Crippen LogP contribution is -2.50. The Kier molecular flexibility index (Phi) is 5.62. The fraction of sp³-hybridized carbons (Fsp3) is 0.391. The van der Waals surface area contributed by atoms with E-state index in [4.69, 9.17) is 17.0 Å². The summed E-state index contributed by atoms with van der Waals surface area (Å²) in [5.74, 6) is 1.54. The molecule has 8 nitrogen and oxygen atoms in total. The van der Waals surface area contributed by atoms with Crippen LogP contribution in [-0.4, -0.2) is 43.8 Å². The van der Waals surface area contributed by atoms with Crippen LogP contribution in [-0.2, 0) is 12.0 Å². The molecule has 1 aliphatic heterocycles. The Hall–Kier alpha value is -3.34. The molecule has 12 heteroatoms. The van der Waals surface area contributed by atoms with Crippen LogP contribution in [0.15, 0.2) is 36.4 Å². The van der Waals surface area contributed by atoms with Gasteiger partial charge in [0.25, 0.3) is 0 Å². The third kappa shape index (κ3) is 3.69. The van der Waals surface area contributed by atoms with Gasteiger partial charge in [0.15, 0.2) is 5.82 Å². The number of aromatic nitrogens is 5. The summed E-state index contributed by atoms with van der Waals surface area (Å²) < 4.78 is 45.7. The van der Waals surface area contributed by atoms with Crippen LogP contribution in [0.25, 0.3) is 22.6 Å². The second-order valence-corrected chi connectivity index (χ2v) is 9.34. The summed E-state index contributed by atoms with van der Waals surface area (Å²) in [4.78, 5) is 4.30. The molecule has 0 radical (unpaired) electrons. The third-order valence-electron chi connectivity index (χ3n) is 6.88. The molecule has 5 rings (SSSR count). The van der Waals surface area contributed by atoms with Crippen LogP contribution in [0.4, 0.5) is 19.0 Å². The van der Waals surface area contributed by atoms with Crippen molar-refractivity contribution in [2.24, 2.45) is 0 Å². The second-order valence-electron chi connectivity index (χ2n) is 8.93. The van der Waals surface area contributed by atoms with Gasteiger partial charge in [-0.15, -0.1) is 10.2 Å². The van der Waals surface area contributed by atoms with E-state index in [1.807, 2.05) is 23.8 Å². The molecular weight excluding hydrogens is 481 g/mol. The van der Waals surface area contributed by atoms with Crippen LogP contribution < -0.4 is 10.6 Å². The average molecular weight is 505 g/mol. The molecule has 0 saturated heterocycles. The lowest BCUT2D eigenvalue weighted by atomic mass is 9.67. The van der Waals surface area contributed by atoms with Crippen molar-refractivity contribution in [2.45, 2.75) is 50.4 Å². The van der Waals surface area contributed by atoms with Gasteiger partial charge in [-0.3, -0.25) is 0 Å². The molecule has 184 valence electrons. The number of halogens is 4. The van der Waals surface area contributed by atoms with Crippen LogP contribution in [0.3, 0.4) is 0 Å². The minimum absolute atomic E-state index is 0.0121. The zero-order valence-corrected chi connectivity index (χ0v) is 19.9. The lowest BCUT2D eigenvalue weighted by molar-refractivity contribution is -0.216. The number of hydrogen-bond acceptors (Lipinski definition) is 6. The SMILES string of the molecule is CN/C(=C\C=N)Nc1cc(-c2cc3n(c2)[C@@H](C)Cn2c-3nnc2C2(C(F)(F)F)CCC2)c(Cl)cn1. The Morgan fingerprint density at radius 2 is 2.06 bits per heavy atom. The Labute approximate surface area is 204 Å². The molecule has 0 aromatic carbocycles. The summed E-state index contributed by atoms with van der Waals surface area (Å²) in [7, 11) is 1.72. The smallest absolute Gasteiger partial charge is 0.375 e. The molecule has 1 aliphatic carbocycles. The molecule has 0 spiro atoms. The van der Waals surface area contributed by atoms with Crippen molar-refractivity contribution in [1.82, 2.24) is 29.6 Å². The quantitative estimate of drug-likeness (QED) is 0.404. The molecule has 35 heavy (non-hydrogen) atoms. The molecular formula is C23H24ClF3N8. The van der Waals surface area contributed by atoms with Crippen molar-refractivity contribution >= 4 is 23.6 Å². The van der Waals surface area contributed by atoms with Gasteiger partial charge in [-0.1, -0.05) is 18.0 Å². The minimum Gasteiger partial charge on any atom is -0.375 e. The fourth-order valence-electron chi connectivity index (χ4n) is 4.84. The van der Waals surface area contributed by atoms with Gasteiger partial charge in [-0.2, -0.15) is 13.2 Å². The van der Waals surface area contributed by atoms with E-state index in [0.29, 0.717) is 46.7 Å². The van der Waals surface area contributed by atoms with E-state index in [1.165, 1.54) is 6.20 Å². The molecule has 3 N–H and O–H groups in total. The lowest BCUT2D eigenvalue weighted by Gasteiger charge is -2.42. The van der Waals surface area contributed by atoms with E-state index in [2.05, 4.69) is 25.8 Å². The molecule has 1 atom stereocenters. The van der Waals surface area contributed by atoms with Crippen molar-refractivity contribution < 1.29 is 13.2 Å². The largest absolute Gasteiger partial charge is 0.401 e. The first-order valence-electron chi connectivity index (χ1n) is 11.2. The predicted molar refractivity (Wildman–Crippen MR) is 128 cm³/mol. The zero-order valence-electron chi connectivity index (χ0n) is 19.1. The molecule has 1 fully saturated rings. The summed E-state index contributed by atoms with van der Waals surface area (Å²) >= 11 is 6.48. The highest BCUT2D eigenvalue weighted by molar-refractivity contribution is 6.33. The molecule has 2 aliphatic rings. The number of nitrogens with one attached hydrogen (secondary N) is 3. The number of allylic oxidation sites excluding steroid dienone is 1. The summed E-state index contributed by atoms with van der Waals surface area (Å²) in [6.45, 7) is 2.32. The van der Waals surface area contributed by atoms with E-state index < -0.39 is 11.6 Å². The van der Waals surface area contributed by atoms with Crippen molar-refractivity contribution in [3.63, 3.8) is 0 Å². The van der Waals surface area contributed by atoms with E-state index in [1.54, 1.807) is 23.8 Å². The van der Waals surface area contributed by atoms with Crippen LogP contribution in [0, 0.1) is 5.41 Å². The van der Waals surface area contributed by atoms with Crippen LogP contribution in [0.2, 0.25) is 5.02 Å². The Balaban J connectivity index is 1.55. The first-order valence-corrected chi connectivity index (χ1v) is 11.6. The molecule has 0 unspecified atom stereocenters. The summed E-state index contributed by atoms with van der Waals surface area (Å²) in [6.07, 6.45) is 2.40. The maximum atomic E-state index is 14.0. The van der Waals surface area contributed by atoms with Gasteiger partial charge >= 0.3 is 6.18 Å². The van der Waals surface area contributed by atoms with Gasteiger partial charge in [0, 0.05) is 49.4 Å².